The Morgan fingerprint density at radius 2 is 2.00 bits per heavy atom. The van der Waals surface area contributed by atoms with Gasteiger partial charge in [-0.25, -0.2) is 4.98 Å². The van der Waals surface area contributed by atoms with E-state index < -0.39 is 0 Å². The molecule has 0 radical (unpaired) electrons. The zero-order chi connectivity index (χ0) is 8.97. The van der Waals surface area contributed by atoms with Crippen molar-refractivity contribution in [2.24, 2.45) is 0 Å². The van der Waals surface area contributed by atoms with Gasteiger partial charge in [-0.2, -0.15) is 0 Å². The Labute approximate surface area is 77.4 Å². The first-order valence-corrected chi connectivity index (χ1v) is 4.38. The molecule has 0 saturated heterocycles. The van der Waals surface area contributed by atoms with Crippen molar-refractivity contribution in [3.63, 3.8) is 0 Å². The fourth-order valence-electron chi connectivity index (χ4n) is 1.03. The summed E-state index contributed by atoms with van der Waals surface area (Å²) in [6.07, 6.45) is 3.26. The van der Waals surface area contributed by atoms with Crippen molar-refractivity contribution < 1.29 is 0 Å². The second-order valence-electron chi connectivity index (χ2n) is 2.37. The van der Waals surface area contributed by atoms with Gasteiger partial charge in [-0.15, -0.1) is 0 Å². The van der Waals surface area contributed by atoms with E-state index in [1.54, 1.807) is 6.20 Å². The molecule has 0 saturated carbocycles. The summed E-state index contributed by atoms with van der Waals surface area (Å²) in [5.74, 6) is 0.840. The molecular formula is C8H12ClN3. The molecule has 1 heterocycles. The van der Waals surface area contributed by atoms with Crippen molar-refractivity contribution in [3.8, 4) is 0 Å². The van der Waals surface area contributed by atoms with E-state index in [1.165, 1.54) is 6.20 Å². The van der Waals surface area contributed by atoms with Crippen LogP contribution < -0.4 is 4.90 Å². The summed E-state index contributed by atoms with van der Waals surface area (Å²) >= 11 is 5.70. The summed E-state index contributed by atoms with van der Waals surface area (Å²) in [4.78, 5) is 10.2. The Hall–Kier alpha value is -0.830. The van der Waals surface area contributed by atoms with Crippen LogP contribution in [0, 0.1) is 0 Å². The van der Waals surface area contributed by atoms with Gasteiger partial charge in [0.05, 0.1) is 12.4 Å². The second-order valence-corrected chi connectivity index (χ2v) is 2.76. The van der Waals surface area contributed by atoms with E-state index in [0.29, 0.717) is 5.15 Å². The van der Waals surface area contributed by atoms with E-state index in [1.807, 2.05) is 0 Å². The molecule has 12 heavy (non-hydrogen) atoms. The molecule has 0 unspecified atom stereocenters. The molecule has 4 heteroatoms. The summed E-state index contributed by atoms with van der Waals surface area (Å²) in [7, 11) is 0. The smallest absolute Gasteiger partial charge is 0.149 e. The molecule has 0 bridgehead atoms. The molecule has 1 aromatic rings. The minimum absolute atomic E-state index is 0.444. The van der Waals surface area contributed by atoms with Gasteiger partial charge in [0, 0.05) is 13.1 Å². The summed E-state index contributed by atoms with van der Waals surface area (Å²) in [6.45, 7) is 6.00. The highest BCUT2D eigenvalue weighted by molar-refractivity contribution is 6.29. The fourth-order valence-corrected chi connectivity index (χ4v) is 1.18. The predicted molar refractivity (Wildman–Crippen MR) is 50.6 cm³/mol. The molecule has 66 valence electrons. The Morgan fingerprint density at radius 1 is 1.33 bits per heavy atom. The van der Waals surface area contributed by atoms with E-state index in [-0.39, 0.29) is 0 Å². The highest BCUT2D eigenvalue weighted by Crippen LogP contribution is 2.11. The number of nitrogens with zero attached hydrogens (tertiary/aromatic N) is 3. The standard InChI is InChI=1S/C8H12ClN3/c1-3-12(4-2)8-6-10-5-7(9)11-8/h5-6H,3-4H2,1-2H3. The summed E-state index contributed by atoms with van der Waals surface area (Å²) in [5.41, 5.74) is 0. The van der Waals surface area contributed by atoms with E-state index in [0.717, 1.165) is 18.9 Å². The Morgan fingerprint density at radius 3 is 2.50 bits per heavy atom. The number of aromatic nitrogens is 2. The van der Waals surface area contributed by atoms with Crippen LogP contribution in [0.4, 0.5) is 5.82 Å². The molecule has 3 nitrogen and oxygen atoms in total. The SMILES string of the molecule is CCN(CC)c1cncc(Cl)n1. The van der Waals surface area contributed by atoms with Crippen LogP contribution in [0.25, 0.3) is 0 Å². The van der Waals surface area contributed by atoms with Gasteiger partial charge in [-0.1, -0.05) is 11.6 Å². The highest BCUT2D eigenvalue weighted by Gasteiger charge is 2.02. The molecular weight excluding hydrogens is 174 g/mol. The van der Waals surface area contributed by atoms with E-state index in [2.05, 4.69) is 28.7 Å². The van der Waals surface area contributed by atoms with Gasteiger partial charge in [-0.05, 0) is 13.8 Å². The lowest BCUT2D eigenvalue weighted by molar-refractivity contribution is 0.840. The normalized spacial score (nSPS) is 9.92. The zero-order valence-corrected chi connectivity index (χ0v) is 8.04. The average molecular weight is 186 g/mol. The predicted octanol–water partition coefficient (Wildman–Crippen LogP) is 1.98. The topological polar surface area (TPSA) is 29.0 Å². The fraction of sp³-hybridized carbons (Fsp3) is 0.500. The van der Waals surface area contributed by atoms with E-state index >= 15 is 0 Å². The van der Waals surface area contributed by atoms with E-state index in [4.69, 9.17) is 11.6 Å². The quantitative estimate of drug-likeness (QED) is 0.721. The summed E-state index contributed by atoms with van der Waals surface area (Å²) in [6, 6.07) is 0. The molecule has 0 amide bonds. The Kier molecular flexibility index (Phi) is 3.29. The Balaban J connectivity index is 2.85. The number of hydrogen-bond donors (Lipinski definition) is 0. The lowest BCUT2D eigenvalue weighted by atomic mass is 10.5. The first-order valence-electron chi connectivity index (χ1n) is 4.00. The first kappa shape index (κ1) is 9.26. The lowest BCUT2D eigenvalue weighted by Gasteiger charge is -2.18. The zero-order valence-electron chi connectivity index (χ0n) is 7.29. The van der Waals surface area contributed by atoms with Crippen LogP contribution >= 0.6 is 11.6 Å². The van der Waals surface area contributed by atoms with Crippen LogP contribution in [0.3, 0.4) is 0 Å². The molecule has 1 rings (SSSR count). The maximum absolute atomic E-state index is 5.70. The molecule has 1 aromatic heterocycles. The summed E-state index contributed by atoms with van der Waals surface area (Å²) < 4.78 is 0. The average Bonchev–Trinajstić information content (AvgIpc) is 2.07. The molecule has 0 aliphatic carbocycles. The molecule has 0 N–H and O–H groups in total. The molecule has 0 aliphatic heterocycles. The van der Waals surface area contributed by atoms with Gasteiger partial charge < -0.3 is 4.90 Å². The second kappa shape index (κ2) is 4.26. The lowest BCUT2D eigenvalue weighted by Crippen LogP contribution is -2.23. The highest BCUT2D eigenvalue weighted by atomic mass is 35.5. The first-order chi connectivity index (χ1) is 5.77. The third-order valence-corrected chi connectivity index (χ3v) is 1.86. The van der Waals surface area contributed by atoms with Crippen molar-refractivity contribution >= 4 is 17.4 Å². The number of hydrogen-bond acceptors (Lipinski definition) is 3. The molecule has 0 aromatic carbocycles. The van der Waals surface area contributed by atoms with Crippen molar-refractivity contribution in [1.29, 1.82) is 0 Å². The van der Waals surface area contributed by atoms with Crippen molar-refractivity contribution in [2.75, 3.05) is 18.0 Å². The third kappa shape index (κ3) is 2.08. The van der Waals surface area contributed by atoms with Crippen LogP contribution in [0.5, 0.6) is 0 Å². The number of rotatable bonds is 3. The van der Waals surface area contributed by atoms with E-state index in [9.17, 15) is 0 Å². The third-order valence-electron chi connectivity index (χ3n) is 1.68. The molecule has 0 atom stereocenters. The maximum Gasteiger partial charge on any atom is 0.149 e. The van der Waals surface area contributed by atoms with Gasteiger partial charge in [0.2, 0.25) is 0 Å². The summed E-state index contributed by atoms with van der Waals surface area (Å²) in [5, 5.41) is 0.444. The van der Waals surface area contributed by atoms with Crippen molar-refractivity contribution in [1.82, 2.24) is 9.97 Å². The van der Waals surface area contributed by atoms with Crippen LogP contribution in [-0.4, -0.2) is 23.1 Å². The van der Waals surface area contributed by atoms with Gasteiger partial charge in [0.15, 0.2) is 0 Å². The van der Waals surface area contributed by atoms with Gasteiger partial charge >= 0.3 is 0 Å². The van der Waals surface area contributed by atoms with Crippen LogP contribution in [0.1, 0.15) is 13.8 Å². The van der Waals surface area contributed by atoms with Crippen LogP contribution in [0.2, 0.25) is 5.15 Å². The van der Waals surface area contributed by atoms with Crippen molar-refractivity contribution in [2.45, 2.75) is 13.8 Å². The van der Waals surface area contributed by atoms with Gasteiger partial charge in [0.25, 0.3) is 0 Å². The monoisotopic (exact) mass is 185 g/mol. The number of halogens is 1. The minimum Gasteiger partial charge on any atom is -0.356 e. The van der Waals surface area contributed by atoms with Gasteiger partial charge in [-0.3, -0.25) is 4.98 Å². The van der Waals surface area contributed by atoms with Crippen LogP contribution in [-0.2, 0) is 0 Å². The van der Waals surface area contributed by atoms with Gasteiger partial charge in [0.1, 0.15) is 11.0 Å². The molecule has 0 aliphatic rings. The van der Waals surface area contributed by atoms with Crippen molar-refractivity contribution in [3.05, 3.63) is 17.5 Å². The largest absolute Gasteiger partial charge is 0.356 e. The maximum atomic E-state index is 5.70. The molecule has 0 fully saturated rings. The number of anilines is 1. The minimum atomic E-state index is 0.444. The van der Waals surface area contributed by atoms with Crippen LogP contribution in [0.15, 0.2) is 12.4 Å². The molecule has 0 spiro atoms. The Bertz CT molecular complexity index is 248.